The van der Waals surface area contributed by atoms with E-state index in [4.69, 9.17) is 19.2 Å². The van der Waals surface area contributed by atoms with E-state index in [-0.39, 0.29) is 11.8 Å². The molecule has 192 valence electrons. The first-order valence-corrected chi connectivity index (χ1v) is 12.7. The Bertz CT molecular complexity index is 1400. The number of carbonyl (C=O) groups is 1. The fourth-order valence-corrected chi connectivity index (χ4v) is 5.03. The SMILES string of the molecule is COc1ccc(OC)c(N2CC(c3nc4ccccc4n3CCCCOc3cccc(C)c3)CC2=O)c1. The number of rotatable bonds is 10. The molecule has 0 aliphatic carbocycles. The van der Waals surface area contributed by atoms with Crippen molar-refractivity contribution < 1.29 is 19.0 Å². The molecule has 4 aromatic rings. The zero-order chi connectivity index (χ0) is 25.8. The smallest absolute Gasteiger partial charge is 0.227 e. The van der Waals surface area contributed by atoms with Crippen LogP contribution in [0.1, 0.15) is 36.6 Å². The summed E-state index contributed by atoms with van der Waals surface area (Å²) in [4.78, 5) is 20.0. The normalized spacial score (nSPS) is 15.4. The maximum Gasteiger partial charge on any atom is 0.227 e. The molecule has 0 N–H and O–H groups in total. The van der Waals surface area contributed by atoms with E-state index in [0.29, 0.717) is 31.1 Å². The Labute approximate surface area is 217 Å². The Balaban J connectivity index is 1.33. The highest BCUT2D eigenvalue weighted by Gasteiger charge is 2.36. The first kappa shape index (κ1) is 24.7. The molecule has 1 aliphatic rings. The molecule has 7 heteroatoms. The average Bonchev–Trinajstić information content (AvgIpc) is 3.48. The summed E-state index contributed by atoms with van der Waals surface area (Å²) in [6, 6.07) is 21.9. The molecule has 1 aromatic heterocycles. The molecule has 37 heavy (non-hydrogen) atoms. The summed E-state index contributed by atoms with van der Waals surface area (Å²) >= 11 is 0. The number of para-hydroxylation sites is 2. The van der Waals surface area contributed by atoms with Gasteiger partial charge in [0.15, 0.2) is 0 Å². The molecule has 1 fully saturated rings. The predicted octanol–water partition coefficient (Wildman–Crippen LogP) is 5.74. The van der Waals surface area contributed by atoms with Gasteiger partial charge in [-0.15, -0.1) is 0 Å². The summed E-state index contributed by atoms with van der Waals surface area (Å²) in [6.07, 6.45) is 2.28. The van der Waals surface area contributed by atoms with Crippen LogP contribution in [0.3, 0.4) is 0 Å². The highest BCUT2D eigenvalue weighted by Crippen LogP contribution is 2.39. The lowest BCUT2D eigenvalue weighted by Gasteiger charge is -2.20. The number of aryl methyl sites for hydroxylation is 2. The van der Waals surface area contributed by atoms with Gasteiger partial charge in [-0.05, 0) is 61.7 Å². The summed E-state index contributed by atoms with van der Waals surface area (Å²) in [7, 11) is 3.24. The number of aromatic nitrogens is 2. The molecule has 1 amide bonds. The van der Waals surface area contributed by atoms with Gasteiger partial charge in [0.05, 0.1) is 37.5 Å². The summed E-state index contributed by atoms with van der Waals surface area (Å²) in [5, 5.41) is 0. The number of amides is 1. The highest BCUT2D eigenvalue weighted by molar-refractivity contribution is 5.98. The quantitative estimate of drug-likeness (QED) is 0.260. The van der Waals surface area contributed by atoms with Crippen LogP contribution in [0.4, 0.5) is 5.69 Å². The molecule has 2 heterocycles. The lowest BCUT2D eigenvalue weighted by atomic mass is 10.1. The number of unbranched alkanes of at least 4 members (excludes halogenated alkanes) is 1. The van der Waals surface area contributed by atoms with E-state index in [2.05, 4.69) is 29.7 Å². The third kappa shape index (κ3) is 5.26. The van der Waals surface area contributed by atoms with Crippen LogP contribution in [-0.2, 0) is 11.3 Å². The Kier molecular flexibility index (Phi) is 7.30. The van der Waals surface area contributed by atoms with Crippen molar-refractivity contribution in [2.24, 2.45) is 0 Å². The fraction of sp³-hybridized carbons (Fsp3) is 0.333. The number of carbonyl (C=O) groups excluding carboxylic acids is 1. The zero-order valence-corrected chi connectivity index (χ0v) is 21.6. The van der Waals surface area contributed by atoms with Crippen molar-refractivity contribution in [3.05, 3.63) is 78.1 Å². The van der Waals surface area contributed by atoms with Gasteiger partial charge in [-0.2, -0.15) is 0 Å². The molecule has 0 spiro atoms. The number of anilines is 1. The van der Waals surface area contributed by atoms with Crippen molar-refractivity contribution in [3.63, 3.8) is 0 Å². The summed E-state index contributed by atoms with van der Waals surface area (Å²) in [6.45, 7) is 4.09. The fourth-order valence-electron chi connectivity index (χ4n) is 5.03. The molecule has 1 atom stereocenters. The highest BCUT2D eigenvalue weighted by atomic mass is 16.5. The van der Waals surface area contributed by atoms with Crippen LogP contribution in [0.2, 0.25) is 0 Å². The van der Waals surface area contributed by atoms with Crippen molar-refractivity contribution in [2.75, 3.05) is 32.3 Å². The predicted molar refractivity (Wildman–Crippen MR) is 145 cm³/mol. The van der Waals surface area contributed by atoms with Gasteiger partial charge in [0.1, 0.15) is 23.1 Å². The second kappa shape index (κ2) is 10.9. The van der Waals surface area contributed by atoms with Crippen LogP contribution in [-0.4, -0.2) is 42.8 Å². The monoisotopic (exact) mass is 499 g/mol. The number of imidazole rings is 1. The summed E-state index contributed by atoms with van der Waals surface area (Å²) in [5.41, 5.74) is 3.98. The number of ether oxygens (including phenoxy) is 3. The lowest BCUT2D eigenvalue weighted by Crippen LogP contribution is -2.25. The minimum atomic E-state index is -0.0145. The molecule has 1 unspecified atom stereocenters. The van der Waals surface area contributed by atoms with Crippen molar-refractivity contribution in [2.45, 2.75) is 38.6 Å². The molecule has 0 radical (unpaired) electrons. The summed E-state index contributed by atoms with van der Waals surface area (Å²) < 4.78 is 19.2. The Morgan fingerprint density at radius 3 is 2.62 bits per heavy atom. The third-order valence-corrected chi connectivity index (χ3v) is 6.89. The zero-order valence-electron chi connectivity index (χ0n) is 21.6. The van der Waals surface area contributed by atoms with Gasteiger partial charge in [0.25, 0.3) is 0 Å². The lowest BCUT2D eigenvalue weighted by molar-refractivity contribution is -0.117. The van der Waals surface area contributed by atoms with Crippen molar-refractivity contribution in [1.29, 1.82) is 0 Å². The van der Waals surface area contributed by atoms with Gasteiger partial charge in [-0.3, -0.25) is 4.79 Å². The van der Waals surface area contributed by atoms with E-state index in [1.807, 2.05) is 48.5 Å². The van der Waals surface area contributed by atoms with Gasteiger partial charge in [-0.1, -0.05) is 24.3 Å². The molecule has 5 rings (SSSR count). The first-order valence-electron chi connectivity index (χ1n) is 12.7. The largest absolute Gasteiger partial charge is 0.497 e. The van der Waals surface area contributed by atoms with E-state index in [1.54, 1.807) is 19.1 Å². The Morgan fingerprint density at radius 1 is 0.946 bits per heavy atom. The van der Waals surface area contributed by atoms with Crippen molar-refractivity contribution in [1.82, 2.24) is 9.55 Å². The van der Waals surface area contributed by atoms with E-state index in [9.17, 15) is 4.79 Å². The van der Waals surface area contributed by atoms with Gasteiger partial charge >= 0.3 is 0 Å². The van der Waals surface area contributed by atoms with Crippen LogP contribution in [0, 0.1) is 6.92 Å². The summed E-state index contributed by atoms with van der Waals surface area (Å²) in [5.74, 6) is 3.25. The van der Waals surface area contributed by atoms with Gasteiger partial charge in [0, 0.05) is 31.5 Å². The second-order valence-electron chi connectivity index (χ2n) is 9.43. The van der Waals surface area contributed by atoms with E-state index in [0.717, 1.165) is 47.7 Å². The van der Waals surface area contributed by atoms with Crippen LogP contribution in [0.25, 0.3) is 11.0 Å². The molecular formula is C30H33N3O4. The molecule has 1 saturated heterocycles. The molecular weight excluding hydrogens is 466 g/mol. The van der Waals surface area contributed by atoms with Crippen LogP contribution >= 0.6 is 0 Å². The van der Waals surface area contributed by atoms with E-state index < -0.39 is 0 Å². The number of hydrogen-bond donors (Lipinski definition) is 0. The topological polar surface area (TPSA) is 65.8 Å². The number of hydrogen-bond acceptors (Lipinski definition) is 5. The van der Waals surface area contributed by atoms with Gasteiger partial charge in [-0.25, -0.2) is 4.98 Å². The number of fused-ring (bicyclic) bond motifs is 1. The third-order valence-electron chi connectivity index (χ3n) is 6.89. The van der Waals surface area contributed by atoms with Crippen LogP contribution in [0.15, 0.2) is 66.7 Å². The Morgan fingerprint density at radius 2 is 1.81 bits per heavy atom. The molecule has 1 aliphatic heterocycles. The van der Waals surface area contributed by atoms with Crippen molar-refractivity contribution in [3.8, 4) is 17.2 Å². The van der Waals surface area contributed by atoms with Crippen LogP contribution < -0.4 is 19.1 Å². The minimum Gasteiger partial charge on any atom is -0.497 e. The first-order chi connectivity index (χ1) is 18.1. The van der Waals surface area contributed by atoms with Gasteiger partial charge < -0.3 is 23.7 Å². The van der Waals surface area contributed by atoms with Crippen LogP contribution in [0.5, 0.6) is 17.2 Å². The molecule has 7 nitrogen and oxygen atoms in total. The molecule has 0 bridgehead atoms. The Hall–Kier alpha value is -4.00. The van der Waals surface area contributed by atoms with E-state index >= 15 is 0 Å². The molecule has 3 aromatic carbocycles. The average molecular weight is 500 g/mol. The maximum absolute atomic E-state index is 13.2. The standard InChI is InChI=1S/C30H33N3O4/c1-21-9-8-10-24(17-21)37-16-7-6-15-32-26-12-5-4-11-25(26)31-30(32)22-18-29(34)33(20-22)27-19-23(35-2)13-14-28(27)36-3/h4-5,8-14,17,19,22H,6-7,15-16,18,20H2,1-3H3. The van der Waals surface area contributed by atoms with E-state index in [1.165, 1.54) is 5.56 Å². The van der Waals surface area contributed by atoms with Crippen molar-refractivity contribution >= 4 is 22.6 Å². The van der Waals surface area contributed by atoms with Gasteiger partial charge in [0.2, 0.25) is 5.91 Å². The number of benzene rings is 3. The number of nitrogens with zero attached hydrogens (tertiary/aromatic N) is 3. The maximum atomic E-state index is 13.2. The minimum absolute atomic E-state index is 0.0145. The second-order valence-corrected chi connectivity index (χ2v) is 9.43. The molecule has 0 saturated carbocycles. The number of methoxy groups -OCH3 is 2.